The number of hydrogen-bond acceptors (Lipinski definition) is 0. The molecule has 0 N–H and O–H groups in total. The molecule has 19 heavy (non-hydrogen) atoms. The molecule has 0 heterocycles. The van der Waals surface area contributed by atoms with Gasteiger partial charge in [0.15, 0.2) is 0 Å². The molecular formula is C13H31BIN3Ti. The third-order valence-electron chi connectivity index (χ3n) is 2.68. The molecule has 1 fully saturated rings. The summed E-state index contributed by atoms with van der Waals surface area (Å²) in [7, 11) is 8.92. The number of hydrogen-bond donors (Lipinski definition) is 0. The number of halogens is 1. The minimum absolute atomic E-state index is 0. The van der Waals surface area contributed by atoms with E-state index in [1.54, 1.807) is 28.2 Å². The van der Waals surface area contributed by atoms with Gasteiger partial charge in [0.05, 0.1) is 0 Å². The van der Waals surface area contributed by atoms with Gasteiger partial charge >= 0.3 is 21.7 Å². The summed E-state index contributed by atoms with van der Waals surface area (Å²) in [5, 5.41) is 11.2. The average Bonchev–Trinajstić information content (AvgIpc) is 2.67. The second kappa shape index (κ2) is 21.7. The molecule has 2 unspecified atom stereocenters. The molecule has 0 spiro atoms. The molecule has 1 saturated carbocycles. The first-order valence-electron chi connectivity index (χ1n) is 6.24. The molecular weight excluding hydrogens is 384 g/mol. The summed E-state index contributed by atoms with van der Waals surface area (Å²) in [4.78, 5) is 0. The van der Waals surface area contributed by atoms with Crippen molar-refractivity contribution in [1.29, 1.82) is 0 Å². The van der Waals surface area contributed by atoms with Gasteiger partial charge in [0.2, 0.25) is 0 Å². The van der Waals surface area contributed by atoms with Gasteiger partial charge in [0, 0.05) is 3.92 Å². The molecule has 0 amide bonds. The van der Waals surface area contributed by atoms with Crippen molar-refractivity contribution in [1.82, 2.24) is 0 Å². The van der Waals surface area contributed by atoms with Crippen molar-refractivity contribution in [3.63, 3.8) is 0 Å². The second-order valence-electron chi connectivity index (χ2n) is 4.48. The van der Waals surface area contributed by atoms with Gasteiger partial charge in [-0.2, -0.15) is 41.7 Å². The van der Waals surface area contributed by atoms with E-state index in [-0.39, 0.29) is 29.1 Å². The minimum atomic E-state index is 0. The largest absolute Gasteiger partial charge is 4.00 e. The Morgan fingerprint density at radius 3 is 1.74 bits per heavy atom. The van der Waals surface area contributed by atoms with Crippen molar-refractivity contribution in [3.05, 3.63) is 23.4 Å². The van der Waals surface area contributed by atoms with Gasteiger partial charge < -0.3 is 23.4 Å². The Bertz CT molecular complexity index is 154. The molecule has 3 nitrogen and oxygen atoms in total. The van der Waals surface area contributed by atoms with Crippen molar-refractivity contribution in [2.24, 2.45) is 0 Å². The summed E-state index contributed by atoms with van der Waals surface area (Å²) in [6, 6.07) is 0. The van der Waals surface area contributed by atoms with Crippen LogP contribution in [0.25, 0.3) is 16.0 Å². The summed E-state index contributed by atoms with van der Waals surface area (Å²) in [6.07, 6.45) is 5.36. The van der Waals surface area contributed by atoms with E-state index in [4.69, 9.17) is 0 Å². The van der Waals surface area contributed by atoms with Crippen molar-refractivity contribution in [3.8, 4) is 0 Å². The molecule has 2 atom stereocenters. The number of alkyl halides is 1. The van der Waals surface area contributed by atoms with Crippen LogP contribution in [0.5, 0.6) is 0 Å². The molecule has 0 bridgehead atoms. The van der Waals surface area contributed by atoms with Crippen LogP contribution in [0.15, 0.2) is 0 Å². The number of nitrogens with zero attached hydrogens (tertiary/aromatic N) is 3. The van der Waals surface area contributed by atoms with Crippen LogP contribution in [-0.4, -0.2) is 52.3 Å². The van der Waals surface area contributed by atoms with Gasteiger partial charge in [-0.05, 0) is 6.42 Å². The molecule has 0 radical (unpaired) electrons. The zero-order valence-corrected chi connectivity index (χ0v) is 17.5. The quantitative estimate of drug-likeness (QED) is 0.278. The summed E-state index contributed by atoms with van der Waals surface area (Å²) in [5.74, 6) is 0.944. The van der Waals surface area contributed by atoms with Gasteiger partial charge in [-0.3, -0.25) is 0 Å². The maximum atomic E-state index is 4.21. The molecule has 0 aliphatic heterocycles. The Kier molecular flexibility index (Phi) is 32.6. The van der Waals surface area contributed by atoms with E-state index >= 15 is 0 Å². The summed E-state index contributed by atoms with van der Waals surface area (Å²) < 4.78 is 0.921. The molecule has 6 heteroatoms. The van der Waals surface area contributed by atoms with Crippen LogP contribution in [-0.2, 0) is 21.7 Å². The van der Waals surface area contributed by atoms with Crippen LogP contribution in [0.4, 0.5) is 0 Å². The van der Waals surface area contributed by atoms with Crippen LogP contribution in [0.1, 0.15) is 19.3 Å². The Labute approximate surface area is 151 Å². The van der Waals surface area contributed by atoms with Crippen molar-refractivity contribution < 1.29 is 21.7 Å². The normalized spacial score (nSPS) is 19.7. The molecule has 1 rings (SSSR count). The second-order valence-corrected chi connectivity index (χ2v) is 6.08. The SMILES string of the molecule is C[N-]C.C[N-]C.C[N-]CB(C)C1CCCC1I.[CH3-].[Ti+4]. The Hall–Kier alpha value is 1.39. The first kappa shape index (κ1) is 28.5. The maximum absolute atomic E-state index is 4.21. The van der Waals surface area contributed by atoms with Crippen LogP contribution in [0, 0.1) is 7.43 Å². The fourth-order valence-corrected chi connectivity index (χ4v) is 3.52. The fraction of sp³-hybridized carbons (Fsp3) is 0.923. The van der Waals surface area contributed by atoms with Gasteiger partial charge in [-0.25, -0.2) is 0 Å². The van der Waals surface area contributed by atoms with Crippen LogP contribution < -0.4 is 0 Å². The van der Waals surface area contributed by atoms with Crippen LogP contribution in [0.3, 0.4) is 0 Å². The Balaban J connectivity index is -0.000000122. The van der Waals surface area contributed by atoms with E-state index in [1.165, 1.54) is 19.3 Å². The minimum Gasteiger partial charge on any atom is -0.671 e. The average molecular weight is 415 g/mol. The first-order chi connectivity index (χ1) is 8.08. The molecule has 112 valence electrons. The molecule has 0 aromatic rings. The summed E-state index contributed by atoms with van der Waals surface area (Å²) in [6.45, 7) is 3.15. The zero-order valence-electron chi connectivity index (χ0n) is 13.8. The van der Waals surface area contributed by atoms with Crippen molar-refractivity contribution in [2.75, 3.05) is 41.7 Å². The van der Waals surface area contributed by atoms with E-state index in [1.807, 2.05) is 7.05 Å². The van der Waals surface area contributed by atoms with Crippen molar-refractivity contribution >= 4 is 29.3 Å². The van der Waals surface area contributed by atoms with Gasteiger partial charge in [-0.1, -0.05) is 48.1 Å². The predicted octanol–water partition coefficient (Wildman–Crippen LogP) is 4.70. The number of rotatable bonds is 3. The standard InChI is InChI=1S/C8H16BIN.2C2H6N.CH3.Ti/c1-9(6-11-2)7-4-3-5-8(7)10;2*1-3-2;;/h7-8H,3-6H2,1-2H3;2*1-2H3;1H3;/q4*-1;+4. The molecule has 0 aromatic carbocycles. The maximum Gasteiger partial charge on any atom is 4.00 e. The van der Waals surface area contributed by atoms with Crippen LogP contribution >= 0.6 is 22.6 Å². The van der Waals surface area contributed by atoms with Crippen molar-refractivity contribution in [2.45, 2.75) is 35.8 Å². The Morgan fingerprint density at radius 2 is 1.47 bits per heavy atom. The van der Waals surface area contributed by atoms with E-state index in [0.29, 0.717) is 0 Å². The molecule has 1 aliphatic rings. The summed E-state index contributed by atoms with van der Waals surface area (Å²) in [5.41, 5.74) is 0. The van der Waals surface area contributed by atoms with E-state index < -0.39 is 0 Å². The Morgan fingerprint density at radius 1 is 1.05 bits per heavy atom. The van der Waals surface area contributed by atoms with E-state index in [9.17, 15) is 0 Å². The van der Waals surface area contributed by atoms with Gasteiger partial charge in [-0.15, -0.1) is 0 Å². The van der Waals surface area contributed by atoms with Gasteiger partial charge in [0.25, 0.3) is 0 Å². The third-order valence-corrected chi connectivity index (χ3v) is 4.23. The monoisotopic (exact) mass is 415 g/mol. The van der Waals surface area contributed by atoms with E-state index in [0.717, 1.165) is 22.9 Å². The first-order valence-corrected chi connectivity index (χ1v) is 7.48. The predicted molar refractivity (Wildman–Crippen MR) is 98.0 cm³/mol. The zero-order chi connectivity index (χ0) is 13.7. The van der Waals surface area contributed by atoms with Gasteiger partial charge in [0.1, 0.15) is 6.71 Å². The third kappa shape index (κ3) is 17.3. The fourth-order valence-electron chi connectivity index (χ4n) is 2.01. The molecule has 1 aliphatic carbocycles. The summed E-state index contributed by atoms with van der Waals surface area (Å²) >= 11 is 2.61. The smallest absolute Gasteiger partial charge is 0.671 e. The van der Waals surface area contributed by atoms with Crippen LogP contribution in [0.2, 0.25) is 12.6 Å². The molecule has 0 aromatic heterocycles. The van der Waals surface area contributed by atoms with E-state index in [2.05, 4.69) is 45.4 Å². The molecule has 0 saturated heterocycles. The topological polar surface area (TPSA) is 42.3 Å².